The van der Waals surface area contributed by atoms with Gasteiger partial charge >= 0.3 is 6.61 Å². The minimum atomic E-state index is -2.89. The zero-order chi connectivity index (χ0) is 21.0. The van der Waals surface area contributed by atoms with E-state index in [-0.39, 0.29) is 11.7 Å². The van der Waals surface area contributed by atoms with Crippen LogP contribution >= 0.6 is 11.8 Å². The lowest BCUT2D eigenvalue weighted by Crippen LogP contribution is -2.22. The molecule has 1 heterocycles. The number of benzene rings is 2. The predicted octanol–water partition coefficient (Wildman–Crippen LogP) is 4.51. The van der Waals surface area contributed by atoms with Crippen molar-refractivity contribution in [1.29, 1.82) is 0 Å². The Morgan fingerprint density at radius 3 is 2.48 bits per heavy atom. The highest BCUT2D eigenvalue weighted by Gasteiger charge is 2.20. The van der Waals surface area contributed by atoms with Crippen molar-refractivity contribution in [3.05, 3.63) is 54.1 Å². The molecule has 2 aromatic carbocycles. The van der Waals surface area contributed by atoms with Crippen LogP contribution < -0.4 is 10.1 Å². The molecule has 3 rings (SSSR count). The highest BCUT2D eigenvalue weighted by atomic mass is 32.2. The molecule has 3 aromatic rings. The third-order valence-electron chi connectivity index (χ3n) is 4.22. The van der Waals surface area contributed by atoms with Gasteiger partial charge in [-0.3, -0.25) is 4.79 Å². The van der Waals surface area contributed by atoms with Gasteiger partial charge in [-0.1, -0.05) is 36.0 Å². The van der Waals surface area contributed by atoms with Gasteiger partial charge in [0.05, 0.1) is 5.25 Å². The highest BCUT2D eigenvalue weighted by Crippen LogP contribution is 2.28. The van der Waals surface area contributed by atoms with Crippen molar-refractivity contribution < 1.29 is 18.3 Å². The zero-order valence-corrected chi connectivity index (χ0v) is 16.9. The summed E-state index contributed by atoms with van der Waals surface area (Å²) in [5.74, 6) is 0.522. The van der Waals surface area contributed by atoms with Crippen LogP contribution in [0.3, 0.4) is 0 Å². The van der Waals surface area contributed by atoms with Crippen LogP contribution in [0.4, 0.5) is 14.5 Å². The number of carbonyl (C=O) groups excluding carboxylic acids is 1. The summed E-state index contributed by atoms with van der Waals surface area (Å²) in [5, 5.41) is 11.4. The van der Waals surface area contributed by atoms with Crippen molar-refractivity contribution >= 4 is 23.4 Å². The van der Waals surface area contributed by atoms with Gasteiger partial charge in [0, 0.05) is 18.3 Å². The monoisotopic (exact) mass is 418 g/mol. The van der Waals surface area contributed by atoms with E-state index in [2.05, 4.69) is 20.3 Å². The third kappa shape index (κ3) is 5.11. The molecule has 1 amide bonds. The molecular formula is C20H20F2N4O2S. The number of hydrogen-bond acceptors (Lipinski definition) is 5. The Kier molecular flexibility index (Phi) is 6.48. The van der Waals surface area contributed by atoms with Gasteiger partial charge in [0.25, 0.3) is 0 Å². The maximum Gasteiger partial charge on any atom is 0.387 e. The maximum atomic E-state index is 12.5. The van der Waals surface area contributed by atoms with Crippen molar-refractivity contribution in [2.75, 3.05) is 5.32 Å². The number of nitrogens with one attached hydrogen (secondary N) is 1. The number of alkyl halides is 2. The molecule has 0 aliphatic carbocycles. The lowest BCUT2D eigenvalue weighted by atomic mass is 10.1. The average Bonchev–Trinajstić information content (AvgIpc) is 3.03. The molecule has 1 N–H and O–H groups in total. The van der Waals surface area contributed by atoms with Crippen molar-refractivity contribution in [1.82, 2.24) is 14.8 Å². The van der Waals surface area contributed by atoms with E-state index in [9.17, 15) is 13.6 Å². The molecule has 0 aliphatic heterocycles. The van der Waals surface area contributed by atoms with Crippen LogP contribution in [0.5, 0.6) is 5.75 Å². The van der Waals surface area contributed by atoms with Crippen molar-refractivity contribution in [2.24, 2.45) is 7.05 Å². The largest absolute Gasteiger partial charge is 0.435 e. The zero-order valence-electron chi connectivity index (χ0n) is 16.1. The van der Waals surface area contributed by atoms with Crippen molar-refractivity contribution in [2.45, 2.75) is 30.9 Å². The smallest absolute Gasteiger partial charge is 0.387 e. The van der Waals surface area contributed by atoms with Gasteiger partial charge in [-0.05, 0) is 43.7 Å². The van der Waals surface area contributed by atoms with E-state index in [1.807, 2.05) is 42.8 Å². The first-order valence-electron chi connectivity index (χ1n) is 8.83. The summed E-state index contributed by atoms with van der Waals surface area (Å²) in [6.45, 7) is 0.879. The second-order valence-electron chi connectivity index (χ2n) is 6.33. The molecule has 0 bridgehead atoms. The van der Waals surface area contributed by atoms with Crippen molar-refractivity contribution in [3.63, 3.8) is 0 Å². The predicted molar refractivity (Wildman–Crippen MR) is 108 cm³/mol. The quantitative estimate of drug-likeness (QED) is 0.572. The summed E-state index contributed by atoms with van der Waals surface area (Å²) in [6, 6.07) is 13.6. The fourth-order valence-corrected chi connectivity index (χ4v) is 3.47. The molecule has 1 atom stereocenters. The number of anilines is 1. The molecule has 29 heavy (non-hydrogen) atoms. The number of hydrogen-bond donors (Lipinski definition) is 1. The number of nitrogens with zero attached hydrogens (tertiary/aromatic N) is 3. The Bertz CT molecular complexity index is 992. The Morgan fingerprint density at radius 2 is 1.83 bits per heavy atom. The van der Waals surface area contributed by atoms with E-state index in [4.69, 9.17) is 0 Å². The molecule has 1 unspecified atom stereocenters. The minimum absolute atomic E-state index is 0.0308. The number of halogens is 2. The van der Waals surface area contributed by atoms with E-state index in [0.29, 0.717) is 10.8 Å². The Hall–Kier alpha value is -2.94. The molecule has 6 nitrogen and oxygen atoms in total. The van der Waals surface area contributed by atoms with Crippen LogP contribution in [-0.4, -0.2) is 32.5 Å². The topological polar surface area (TPSA) is 69.0 Å². The Balaban J connectivity index is 1.65. The van der Waals surface area contributed by atoms with E-state index in [0.717, 1.165) is 17.0 Å². The third-order valence-corrected chi connectivity index (χ3v) is 5.35. The first-order chi connectivity index (χ1) is 13.8. The van der Waals surface area contributed by atoms with Crippen LogP contribution in [0.2, 0.25) is 0 Å². The Morgan fingerprint density at radius 1 is 1.14 bits per heavy atom. The number of carbonyl (C=O) groups is 1. The lowest BCUT2D eigenvalue weighted by Gasteiger charge is -2.12. The molecule has 0 saturated heterocycles. The fraction of sp³-hybridized carbons (Fsp3) is 0.250. The standard InChI is InChI=1S/C20H20F2N4O2S/c1-12-6-4-5-7-16(12)17-24-25-20(26(17)3)29-13(2)18(27)23-14-8-10-15(11-9-14)28-19(21)22/h4-11,13,19H,1-3H3,(H,23,27). The molecule has 0 saturated carbocycles. The van der Waals surface area contributed by atoms with Crippen LogP contribution in [0, 0.1) is 6.92 Å². The summed E-state index contributed by atoms with van der Waals surface area (Å²) in [6.07, 6.45) is 0. The minimum Gasteiger partial charge on any atom is -0.435 e. The molecule has 1 aromatic heterocycles. The summed E-state index contributed by atoms with van der Waals surface area (Å²) in [5.41, 5.74) is 2.56. The lowest BCUT2D eigenvalue weighted by molar-refractivity contribution is -0.115. The first kappa shape index (κ1) is 20.8. The van der Waals surface area contributed by atoms with Gasteiger partial charge in [0.15, 0.2) is 11.0 Å². The Labute approximate surface area is 171 Å². The second-order valence-corrected chi connectivity index (χ2v) is 7.64. The molecule has 0 radical (unpaired) electrons. The van der Waals surface area contributed by atoms with Crippen LogP contribution in [-0.2, 0) is 11.8 Å². The van der Waals surface area contributed by atoms with Gasteiger partial charge < -0.3 is 14.6 Å². The normalized spacial score (nSPS) is 12.1. The molecule has 152 valence electrons. The molecular weight excluding hydrogens is 398 g/mol. The van der Waals surface area contributed by atoms with Gasteiger partial charge in [0.2, 0.25) is 5.91 Å². The van der Waals surface area contributed by atoms with Gasteiger partial charge in [-0.15, -0.1) is 10.2 Å². The maximum absolute atomic E-state index is 12.5. The van der Waals surface area contributed by atoms with Crippen molar-refractivity contribution in [3.8, 4) is 17.1 Å². The van der Waals surface area contributed by atoms with Gasteiger partial charge in [-0.25, -0.2) is 0 Å². The van der Waals surface area contributed by atoms with Crippen LogP contribution in [0.15, 0.2) is 53.7 Å². The van der Waals surface area contributed by atoms with E-state index < -0.39 is 11.9 Å². The average molecular weight is 418 g/mol. The van der Waals surface area contributed by atoms with Crippen LogP contribution in [0.25, 0.3) is 11.4 Å². The van der Waals surface area contributed by atoms with Gasteiger partial charge in [-0.2, -0.15) is 8.78 Å². The van der Waals surface area contributed by atoms with E-state index in [1.54, 1.807) is 6.92 Å². The summed E-state index contributed by atoms with van der Waals surface area (Å²) in [4.78, 5) is 12.5. The summed E-state index contributed by atoms with van der Waals surface area (Å²) < 4.78 is 30.5. The number of ether oxygens (including phenoxy) is 1. The first-order valence-corrected chi connectivity index (χ1v) is 9.71. The highest BCUT2D eigenvalue weighted by molar-refractivity contribution is 8.00. The van der Waals surface area contributed by atoms with Gasteiger partial charge in [0.1, 0.15) is 5.75 Å². The molecule has 0 aliphatic rings. The molecule has 0 spiro atoms. The second kappa shape index (κ2) is 9.04. The molecule has 9 heteroatoms. The van der Waals surface area contributed by atoms with E-state index >= 15 is 0 Å². The SMILES string of the molecule is Cc1ccccc1-c1nnc(SC(C)C(=O)Nc2ccc(OC(F)F)cc2)n1C. The summed E-state index contributed by atoms with van der Waals surface area (Å²) >= 11 is 1.28. The number of aromatic nitrogens is 3. The van der Waals surface area contributed by atoms with E-state index in [1.165, 1.54) is 36.0 Å². The summed E-state index contributed by atoms with van der Waals surface area (Å²) in [7, 11) is 1.86. The van der Waals surface area contributed by atoms with Crippen LogP contribution in [0.1, 0.15) is 12.5 Å². The number of thioether (sulfide) groups is 1. The fourth-order valence-electron chi connectivity index (χ4n) is 2.65. The number of aryl methyl sites for hydroxylation is 1. The number of rotatable bonds is 7. The molecule has 0 fully saturated rings. The number of amides is 1.